The number of halogens is 1. The smallest absolute Gasteiger partial charge is 0.350 e. The molecule has 4 aromatic rings. The van der Waals surface area contributed by atoms with Gasteiger partial charge in [-0.2, -0.15) is 0 Å². The molecule has 8 heteroatoms. The van der Waals surface area contributed by atoms with Crippen LogP contribution >= 0.6 is 0 Å². The number of benzene rings is 4. The first-order chi connectivity index (χ1) is 20.9. The maximum Gasteiger partial charge on any atom is 0.350 e. The molecule has 2 heterocycles. The van der Waals surface area contributed by atoms with Crippen molar-refractivity contribution in [1.82, 2.24) is 0 Å². The number of esters is 1. The van der Waals surface area contributed by atoms with Crippen LogP contribution in [0.5, 0.6) is 0 Å². The van der Waals surface area contributed by atoms with Gasteiger partial charge in [0.2, 0.25) is 0 Å². The maximum absolute atomic E-state index is 17.9. The number of hydrogen-bond acceptors (Lipinski definition) is 5. The molecule has 43 heavy (non-hydrogen) atoms. The van der Waals surface area contributed by atoms with Crippen LogP contribution in [-0.2, 0) is 19.1 Å². The molecule has 0 aromatic heterocycles. The van der Waals surface area contributed by atoms with E-state index in [1.165, 1.54) is 16.9 Å². The van der Waals surface area contributed by atoms with Crippen LogP contribution in [0, 0.1) is 5.41 Å². The molecule has 0 bridgehead atoms. The molecule has 0 saturated carbocycles. The molecule has 1 spiro atoms. The minimum absolute atomic E-state index is 0.0947. The summed E-state index contributed by atoms with van der Waals surface area (Å²) in [5.41, 5.74) is -3.64. The fraction of sp³-hybridized carbons (Fsp3) is 0.200. The molecule has 3 atom stereocenters. The van der Waals surface area contributed by atoms with E-state index in [0.29, 0.717) is 22.5 Å². The lowest BCUT2D eigenvalue weighted by atomic mass is 9.56. The Morgan fingerprint density at radius 1 is 0.744 bits per heavy atom. The molecular weight excluding hydrogens is 545 g/mol. The Labute approximate surface area is 249 Å². The zero-order chi connectivity index (χ0) is 30.2. The van der Waals surface area contributed by atoms with Gasteiger partial charge in [0.15, 0.2) is 5.41 Å². The number of para-hydroxylation sites is 2. The van der Waals surface area contributed by atoms with Crippen molar-refractivity contribution in [3.8, 4) is 0 Å². The van der Waals surface area contributed by atoms with Crippen molar-refractivity contribution in [3.63, 3.8) is 0 Å². The summed E-state index contributed by atoms with van der Waals surface area (Å²) in [4.78, 5) is 49.0. The number of rotatable bonds is 6. The predicted octanol–water partition coefficient (Wildman–Crippen LogP) is 6.24. The van der Waals surface area contributed by atoms with Crippen molar-refractivity contribution in [2.75, 3.05) is 16.6 Å². The third kappa shape index (κ3) is 4.16. The fourth-order valence-corrected chi connectivity index (χ4v) is 6.39. The van der Waals surface area contributed by atoms with Gasteiger partial charge in [0.05, 0.1) is 35.7 Å². The third-order valence-corrected chi connectivity index (χ3v) is 8.25. The van der Waals surface area contributed by atoms with E-state index < -0.39 is 40.8 Å². The van der Waals surface area contributed by atoms with E-state index >= 15 is 14.0 Å². The molecule has 4 aromatic carbocycles. The number of ether oxygens (including phenoxy) is 1. The van der Waals surface area contributed by atoms with Crippen molar-refractivity contribution in [2.24, 2.45) is 10.4 Å². The number of hydrazine groups is 1. The van der Waals surface area contributed by atoms with Gasteiger partial charge in [-0.15, -0.1) is 0 Å². The van der Waals surface area contributed by atoms with E-state index in [-0.39, 0.29) is 12.3 Å². The van der Waals surface area contributed by atoms with Crippen LogP contribution in [0.2, 0.25) is 0 Å². The summed E-state index contributed by atoms with van der Waals surface area (Å²) < 4.78 is 23.2. The van der Waals surface area contributed by atoms with E-state index in [1.807, 2.05) is 6.07 Å². The fourth-order valence-electron chi connectivity index (χ4n) is 6.39. The Morgan fingerprint density at radius 2 is 1.16 bits per heavy atom. The minimum atomic E-state index is -2.93. The Kier molecular flexibility index (Phi) is 7.13. The normalized spacial score (nSPS) is 22.9. The second-order valence-electron chi connectivity index (χ2n) is 10.6. The summed E-state index contributed by atoms with van der Waals surface area (Å²) in [7, 11) is 0. The second-order valence-corrected chi connectivity index (χ2v) is 10.6. The number of carbonyl (C=O) groups is 3. The zero-order valence-electron chi connectivity index (χ0n) is 23.8. The van der Waals surface area contributed by atoms with Crippen LogP contribution < -0.4 is 10.0 Å². The molecule has 6 rings (SSSR count). The third-order valence-electron chi connectivity index (χ3n) is 8.25. The highest BCUT2D eigenvalue weighted by atomic mass is 19.1. The number of aliphatic imine (C=N–C) groups is 1. The largest absolute Gasteiger partial charge is 0.463 e. The molecule has 1 saturated heterocycles. The molecule has 7 nitrogen and oxygen atoms in total. The lowest BCUT2D eigenvalue weighted by molar-refractivity contribution is -0.159. The van der Waals surface area contributed by atoms with Gasteiger partial charge < -0.3 is 4.74 Å². The summed E-state index contributed by atoms with van der Waals surface area (Å²) in [6, 6.07) is 33.6. The van der Waals surface area contributed by atoms with Crippen LogP contribution in [0.25, 0.3) is 0 Å². The van der Waals surface area contributed by atoms with Gasteiger partial charge in [-0.3, -0.25) is 14.6 Å². The Hall–Kier alpha value is -5.11. The molecule has 216 valence electrons. The van der Waals surface area contributed by atoms with Crippen LogP contribution in [0.4, 0.5) is 15.8 Å². The number of amides is 2. The van der Waals surface area contributed by atoms with Gasteiger partial charge in [0.25, 0.3) is 17.5 Å². The molecular formula is C35H30FN3O4. The molecule has 0 radical (unpaired) electrons. The van der Waals surface area contributed by atoms with E-state index in [2.05, 4.69) is 0 Å². The van der Waals surface area contributed by atoms with Crippen LogP contribution in [0.1, 0.15) is 36.9 Å². The average Bonchev–Trinajstić information content (AvgIpc) is 3.27. The highest BCUT2D eigenvalue weighted by Gasteiger charge is 2.76. The Bertz CT molecular complexity index is 1620. The first-order valence-electron chi connectivity index (χ1n) is 14.2. The molecule has 2 aliphatic rings. The Morgan fingerprint density at radius 3 is 1.60 bits per heavy atom. The summed E-state index contributed by atoms with van der Waals surface area (Å²) >= 11 is 0. The minimum Gasteiger partial charge on any atom is -0.463 e. The highest BCUT2D eigenvalue weighted by Crippen LogP contribution is 2.62. The van der Waals surface area contributed by atoms with Gasteiger partial charge in [0.1, 0.15) is 0 Å². The zero-order valence-corrected chi connectivity index (χ0v) is 23.8. The molecule has 1 fully saturated rings. The van der Waals surface area contributed by atoms with Gasteiger partial charge >= 0.3 is 5.97 Å². The predicted molar refractivity (Wildman–Crippen MR) is 162 cm³/mol. The topological polar surface area (TPSA) is 79.3 Å². The highest BCUT2D eigenvalue weighted by molar-refractivity contribution is 6.29. The summed E-state index contributed by atoms with van der Waals surface area (Å²) in [6.45, 7) is 2.91. The van der Waals surface area contributed by atoms with Gasteiger partial charge in [0, 0.05) is 0 Å². The van der Waals surface area contributed by atoms with Gasteiger partial charge in [-0.1, -0.05) is 97.1 Å². The molecule has 2 aliphatic heterocycles. The molecule has 0 unspecified atom stereocenters. The maximum atomic E-state index is 17.9. The van der Waals surface area contributed by atoms with Crippen LogP contribution in [-0.4, -0.2) is 35.8 Å². The van der Waals surface area contributed by atoms with Crippen LogP contribution in [0.3, 0.4) is 0 Å². The number of nitrogens with zero attached hydrogens (tertiary/aromatic N) is 3. The average molecular weight is 576 g/mol. The van der Waals surface area contributed by atoms with Crippen LogP contribution in [0.15, 0.2) is 126 Å². The monoisotopic (exact) mass is 575 g/mol. The van der Waals surface area contributed by atoms with Crippen molar-refractivity contribution < 1.29 is 23.5 Å². The molecule has 0 aliphatic carbocycles. The van der Waals surface area contributed by atoms with E-state index in [9.17, 15) is 4.79 Å². The number of anilines is 2. The first kappa shape index (κ1) is 28.0. The second kappa shape index (κ2) is 10.9. The van der Waals surface area contributed by atoms with Gasteiger partial charge in [-0.25, -0.2) is 19.2 Å². The van der Waals surface area contributed by atoms with E-state index in [0.717, 1.165) is 0 Å². The summed E-state index contributed by atoms with van der Waals surface area (Å²) in [6.07, 6.45) is 0. The number of carbonyl (C=O) groups excluding carboxylic acids is 3. The first-order valence-corrected chi connectivity index (χ1v) is 14.2. The summed E-state index contributed by atoms with van der Waals surface area (Å²) in [5.74, 6) is -4.19. The van der Waals surface area contributed by atoms with Crippen molar-refractivity contribution >= 4 is 34.9 Å². The molecule has 2 amide bonds. The van der Waals surface area contributed by atoms with Crippen molar-refractivity contribution in [1.29, 1.82) is 0 Å². The molecule has 0 N–H and O–H groups in total. The van der Waals surface area contributed by atoms with Gasteiger partial charge in [-0.05, 0) is 49.2 Å². The Balaban J connectivity index is 1.74. The van der Waals surface area contributed by atoms with E-state index in [1.54, 1.807) is 122 Å². The summed E-state index contributed by atoms with van der Waals surface area (Å²) in [5, 5.41) is 2.57. The lowest BCUT2D eigenvalue weighted by Crippen LogP contribution is -2.62. The standard InChI is InChI=1S/C35H30FN3O4/c1-3-43-33(42)35(36)24(2)37-30(26-18-10-5-11-19-26)34(29(35)25-16-8-4-9-17-25)31(40)38(27-20-12-6-13-21-27)39(32(34)41)28-22-14-7-15-23-28/h4-23,29-30H,3H2,1-2H3/t29-,30+,35+/m1/s1. The van der Waals surface area contributed by atoms with Crippen molar-refractivity contribution in [3.05, 3.63) is 132 Å². The lowest BCUT2D eigenvalue weighted by Gasteiger charge is -2.47. The quantitative estimate of drug-likeness (QED) is 0.201. The van der Waals surface area contributed by atoms with Crippen molar-refractivity contribution in [2.45, 2.75) is 31.5 Å². The number of hydrogen-bond donors (Lipinski definition) is 0. The SMILES string of the molecule is CCOC(=O)[C@]1(F)C(C)=N[C@@H](c2ccccc2)C2(C(=O)N(c3ccccc3)N(c3ccccc3)C2=O)[C@H]1c1ccccc1. The van der Waals surface area contributed by atoms with E-state index in [4.69, 9.17) is 9.73 Å². The number of alkyl halides is 1.